The van der Waals surface area contributed by atoms with Gasteiger partial charge in [-0.05, 0) is 61.9 Å². The van der Waals surface area contributed by atoms with Crippen LogP contribution in [0.15, 0.2) is 30.3 Å². The number of hydrogen-bond donors (Lipinski definition) is 0. The quantitative estimate of drug-likeness (QED) is 0.633. The third-order valence-corrected chi connectivity index (χ3v) is 4.93. The van der Waals surface area contributed by atoms with E-state index >= 15 is 0 Å². The maximum Gasteiger partial charge on any atom is 0.348 e. The highest BCUT2D eigenvalue weighted by atomic mass is 32.1. The van der Waals surface area contributed by atoms with Gasteiger partial charge in [-0.2, -0.15) is 0 Å². The van der Waals surface area contributed by atoms with Crippen molar-refractivity contribution in [2.24, 2.45) is 0 Å². The fourth-order valence-corrected chi connectivity index (χ4v) is 3.50. The van der Waals surface area contributed by atoms with Gasteiger partial charge in [-0.25, -0.2) is 4.79 Å². The third kappa shape index (κ3) is 3.28. The van der Waals surface area contributed by atoms with Gasteiger partial charge in [0.15, 0.2) is 12.4 Å². The number of aryl methyl sites for hydroxylation is 3. The topological polar surface area (TPSA) is 43.4 Å². The molecule has 0 aliphatic heterocycles. The number of carbonyl (C=O) groups excluding carboxylic acids is 2. The van der Waals surface area contributed by atoms with Crippen molar-refractivity contribution in [2.75, 3.05) is 6.61 Å². The van der Waals surface area contributed by atoms with Crippen molar-refractivity contribution in [2.45, 2.75) is 32.6 Å². The SMILES string of the molecule is Cc1ccc(C(=O)OCC(=O)c2ccc3c(c2)CCCC3)s1. The predicted molar refractivity (Wildman–Crippen MR) is 86.8 cm³/mol. The van der Waals surface area contributed by atoms with E-state index in [1.165, 1.54) is 35.3 Å². The lowest BCUT2D eigenvalue weighted by atomic mass is 9.90. The van der Waals surface area contributed by atoms with Crippen LogP contribution in [-0.2, 0) is 17.6 Å². The van der Waals surface area contributed by atoms with Crippen LogP contribution in [0.3, 0.4) is 0 Å². The molecule has 4 heteroatoms. The zero-order valence-corrected chi connectivity index (χ0v) is 13.4. The number of esters is 1. The number of thiophene rings is 1. The molecule has 1 aromatic carbocycles. The van der Waals surface area contributed by atoms with E-state index in [4.69, 9.17) is 4.74 Å². The summed E-state index contributed by atoms with van der Waals surface area (Å²) in [6.07, 6.45) is 4.52. The van der Waals surface area contributed by atoms with E-state index in [9.17, 15) is 9.59 Å². The molecular weight excluding hydrogens is 296 g/mol. The van der Waals surface area contributed by atoms with E-state index in [1.807, 2.05) is 31.2 Å². The van der Waals surface area contributed by atoms with E-state index in [-0.39, 0.29) is 12.4 Å². The molecule has 1 aliphatic rings. The average molecular weight is 314 g/mol. The molecule has 0 bridgehead atoms. The minimum Gasteiger partial charge on any atom is -0.453 e. The Hall–Kier alpha value is -1.94. The first-order valence-corrected chi connectivity index (χ1v) is 8.34. The van der Waals surface area contributed by atoms with Gasteiger partial charge in [0, 0.05) is 10.4 Å². The van der Waals surface area contributed by atoms with Crippen LogP contribution in [0.2, 0.25) is 0 Å². The first kappa shape index (κ1) is 15.0. The zero-order chi connectivity index (χ0) is 15.5. The number of hydrogen-bond acceptors (Lipinski definition) is 4. The van der Waals surface area contributed by atoms with Crippen LogP contribution < -0.4 is 0 Å². The number of Topliss-reactive ketones (excluding diaryl/α,β-unsaturated/α-hetero) is 1. The Morgan fingerprint density at radius 3 is 2.59 bits per heavy atom. The summed E-state index contributed by atoms with van der Waals surface area (Å²) in [6, 6.07) is 9.43. The highest BCUT2D eigenvalue weighted by Gasteiger charge is 2.15. The van der Waals surface area contributed by atoms with Crippen LogP contribution in [0.4, 0.5) is 0 Å². The lowest BCUT2D eigenvalue weighted by Gasteiger charge is -2.16. The molecule has 1 aromatic heterocycles. The van der Waals surface area contributed by atoms with Crippen molar-refractivity contribution in [1.29, 1.82) is 0 Å². The molecule has 3 rings (SSSR count). The molecule has 0 spiro atoms. The Morgan fingerprint density at radius 1 is 1.09 bits per heavy atom. The van der Waals surface area contributed by atoms with Gasteiger partial charge in [-0.1, -0.05) is 12.1 Å². The number of rotatable bonds is 4. The number of carbonyl (C=O) groups is 2. The maximum absolute atomic E-state index is 12.2. The van der Waals surface area contributed by atoms with Gasteiger partial charge in [-0.3, -0.25) is 4.79 Å². The van der Waals surface area contributed by atoms with Gasteiger partial charge in [0.25, 0.3) is 0 Å². The summed E-state index contributed by atoms with van der Waals surface area (Å²) < 4.78 is 5.12. The molecule has 22 heavy (non-hydrogen) atoms. The molecule has 0 fully saturated rings. The van der Waals surface area contributed by atoms with Crippen molar-refractivity contribution >= 4 is 23.1 Å². The van der Waals surface area contributed by atoms with Crippen molar-refractivity contribution < 1.29 is 14.3 Å². The van der Waals surface area contributed by atoms with Gasteiger partial charge in [-0.15, -0.1) is 11.3 Å². The monoisotopic (exact) mass is 314 g/mol. The molecule has 0 unspecified atom stereocenters. The number of ketones is 1. The molecule has 0 N–H and O–H groups in total. The number of ether oxygens (including phenoxy) is 1. The Labute approximate surface area is 133 Å². The molecule has 0 amide bonds. The van der Waals surface area contributed by atoms with E-state index in [0.29, 0.717) is 10.4 Å². The molecule has 0 radical (unpaired) electrons. The maximum atomic E-state index is 12.2. The molecular formula is C18H18O3S. The van der Waals surface area contributed by atoms with E-state index < -0.39 is 5.97 Å². The van der Waals surface area contributed by atoms with E-state index in [0.717, 1.165) is 17.7 Å². The summed E-state index contributed by atoms with van der Waals surface area (Å²) in [5.74, 6) is -0.570. The smallest absolute Gasteiger partial charge is 0.348 e. The molecule has 114 valence electrons. The van der Waals surface area contributed by atoms with Gasteiger partial charge in [0.05, 0.1) is 0 Å². The van der Waals surface area contributed by atoms with Crippen LogP contribution in [-0.4, -0.2) is 18.4 Å². The normalized spacial score (nSPS) is 13.5. The van der Waals surface area contributed by atoms with Crippen molar-refractivity contribution in [3.05, 3.63) is 56.8 Å². The number of fused-ring (bicyclic) bond motifs is 1. The third-order valence-electron chi connectivity index (χ3n) is 3.95. The molecule has 1 aliphatic carbocycles. The van der Waals surface area contributed by atoms with Gasteiger partial charge < -0.3 is 4.74 Å². The first-order chi connectivity index (χ1) is 10.6. The minimum atomic E-state index is -0.426. The molecule has 2 aromatic rings. The number of benzene rings is 1. The second-order valence-electron chi connectivity index (χ2n) is 5.60. The predicted octanol–water partition coefficient (Wildman–Crippen LogP) is 3.98. The Kier molecular flexibility index (Phi) is 4.39. The largest absolute Gasteiger partial charge is 0.453 e. The summed E-state index contributed by atoms with van der Waals surface area (Å²) >= 11 is 1.38. The fourth-order valence-electron chi connectivity index (χ4n) is 2.74. The van der Waals surface area contributed by atoms with Gasteiger partial charge in [0.2, 0.25) is 0 Å². The van der Waals surface area contributed by atoms with Crippen LogP contribution >= 0.6 is 11.3 Å². The highest BCUT2D eigenvalue weighted by Crippen LogP contribution is 2.22. The Bertz CT molecular complexity index is 715. The summed E-state index contributed by atoms with van der Waals surface area (Å²) in [6.45, 7) is 1.73. The van der Waals surface area contributed by atoms with Gasteiger partial charge in [0.1, 0.15) is 4.88 Å². The molecule has 1 heterocycles. The van der Waals surface area contributed by atoms with Crippen LogP contribution in [0.5, 0.6) is 0 Å². The van der Waals surface area contributed by atoms with Crippen molar-refractivity contribution in [1.82, 2.24) is 0 Å². The zero-order valence-electron chi connectivity index (χ0n) is 12.6. The average Bonchev–Trinajstić information content (AvgIpc) is 2.98. The lowest BCUT2D eigenvalue weighted by Crippen LogP contribution is -2.14. The summed E-state index contributed by atoms with van der Waals surface area (Å²) in [7, 11) is 0. The van der Waals surface area contributed by atoms with Crippen LogP contribution in [0.25, 0.3) is 0 Å². The molecule has 3 nitrogen and oxygen atoms in total. The fraction of sp³-hybridized carbons (Fsp3) is 0.333. The van der Waals surface area contributed by atoms with E-state index in [2.05, 4.69) is 0 Å². The van der Waals surface area contributed by atoms with E-state index in [1.54, 1.807) is 6.07 Å². The van der Waals surface area contributed by atoms with Crippen LogP contribution in [0, 0.1) is 6.92 Å². The molecule has 0 saturated carbocycles. The molecule has 0 saturated heterocycles. The lowest BCUT2D eigenvalue weighted by molar-refractivity contribution is 0.0479. The summed E-state index contributed by atoms with van der Waals surface area (Å²) in [5, 5.41) is 0. The highest BCUT2D eigenvalue weighted by molar-refractivity contribution is 7.13. The van der Waals surface area contributed by atoms with Crippen molar-refractivity contribution in [3.8, 4) is 0 Å². The van der Waals surface area contributed by atoms with Gasteiger partial charge >= 0.3 is 5.97 Å². The minimum absolute atomic E-state index is 0.144. The summed E-state index contributed by atoms with van der Waals surface area (Å²) in [4.78, 5) is 25.6. The molecule has 0 atom stereocenters. The van der Waals surface area contributed by atoms with Crippen molar-refractivity contribution in [3.63, 3.8) is 0 Å². The Morgan fingerprint density at radius 2 is 1.86 bits per heavy atom. The summed E-state index contributed by atoms with van der Waals surface area (Å²) in [5.41, 5.74) is 3.24. The second-order valence-corrected chi connectivity index (χ2v) is 6.89. The van der Waals surface area contributed by atoms with Crippen LogP contribution in [0.1, 0.15) is 48.9 Å². The first-order valence-electron chi connectivity index (χ1n) is 7.52. The Balaban J connectivity index is 1.63. The second kappa shape index (κ2) is 6.44. The standard InChI is InChI=1S/C18H18O3S/c1-12-6-9-17(22-12)18(20)21-11-16(19)15-8-7-13-4-2-3-5-14(13)10-15/h6-10H,2-5,11H2,1H3.